The molecule has 1 aliphatic heterocycles. The third-order valence-corrected chi connectivity index (χ3v) is 4.41. The number of ether oxygens (including phenoxy) is 1. The van der Waals surface area contributed by atoms with Crippen molar-refractivity contribution in [3.05, 3.63) is 29.3 Å². The highest BCUT2D eigenvalue weighted by molar-refractivity contribution is 7.80. The molecule has 21 heavy (non-hydrogen) atoms. The minimum atomic E-state index is 0.387. The zero-order valence-electron chi connectivity index (χ0n) is 13.1. The molecule has 0 bridgehead atoms. The fourth-order valence-corrected chi connectivity index (χ4v) is 3.15. The molecule has 0 aromatic heterocycles. The van der Waals surface area contributed by atoms with E-state index in [9.17, 15) is 0 Å². The molecule has 1 aliphatic rings. The number of nitrogens with zero attached hydrogens (tertiary/aromatic N) is 2. The van der Waals surface area contributed by atoms with Crippen molar-refractivity contribution in [2.45, 2.75) is 26.4 Å². The molecule has 0 aliphatic carbocycles. The van der Waals surface area contributed by atoms with Crippen molar-refractivity contribution >= 4 is 17.2 Å². The van der Waals surface area contributed by atoms with Crippen molar-refractivity contribution in [2.24, 2.45) is 5.73 Å². The fourth-order valence-electron chi connectivity index (χ4n) is 2.99. The van der Waals surface area contributed by atoms with E-state index in [1.54, 1.807) is 7.11 Å². The van der Waals surface area contributed by atoms with Crippen LogP contribution < -0.4 is 10.5 Å². The lowest BCUT2D eigenvalue weighted by Crippen LogP contribution is -2.51. The number of rotatable bonds is 5. The van der Waals surface area contributed by atoms with Crippen LogP contribution in [-0.4, -0.2) is 54.1 Å². The van der Waals surface area contributed by atoms with Crippen molar-refractivity contribution in [3.8, 4) is 5.75 Å². The first-order chi connectivity index (χ1) is 10.0. The standard InChI is InChI=1S/C16H25N3OS/c1-4-19-8-7-18(10-12(19)2)11-13-5-6-15(20-3)14(9-13)16(17)21/h5-6,9,12H,4,7-8,10-11H2,1-3H3,(H2,17,21). The molecule has 2 rings (SSSR count). The van der Waals surface area contributed by atoms with Gasteiger partial charge in [0.2, 0.25) is 0 Å². The fraction of sp³-hybridized carbons (Fsp3) is 0.562. The molecule has 0 radical (unpaired) electrons. The summed E-state index contributed by atoms with van der Waals surface area (Å²) in [4.78, 5) is 5.39. The minimum absolute atomic E-state index is 0.387. The second-order valence-corrected chi connectivity index (χ2v) is 6.05. The molecular weight excluding hydrogens is 282 g/mol. The maximum atomic E-state index is 5.78. The predicted octanol–water partition coefficient (Wildman–Crippen LogP) is 1.86. The van der Waals surface area contributed by atoms with E-state index in [-0.39, 0.29) is 0 Å². The SMILES string of the molecule is CCN1CCN(Cc2ccc(OC)c(C(N)=S)c2)CC1C. The van der Waals surface area contributed by atoms with Gasteiger partial charge in [-0.15, -0.1) is 0 Å². The summed E-state index contributed by atoms with van der Waals surface area (Å²) in [7, 11) is 1.64. The van der Waals surface area contributed by atoms with E-state index in [0.717, 1.165) is 44.0 Å². The van der Waals surface area contributed by atoms with Crippen molar-refractivity contribution in [2.75, 3.05) is 33.3 Å². The lowest BCUT2D eigenvalue weighted by atomic mass is 10.1. The highest BCUT2D eigenvalue weighted by Gasteiger charge is 2.22. The molecule has 1 aromatic rings. The van der Waals surface area contributed by atoms with Gasteiger partial charge in [0.15, 0.2) is 0 Å². The molecular formula is C16H25N3OS. The average Bonchev–Trinajstić information content (AvgIpc) is 2.47. The number of hydrogen-bond acceptors (Lipinski definition) is 4. The zero-order chi connectivity index (χ0) is 15.4. The number of hydrogen-bond donors (Lipinski definition) is 1. The van der Waals surface area contributed by atoms with Crippen LogP contribution in [0.25, 0.3) is 0 Å². The number of likely N-dealkylation sites (N-methyl/N-ethyl adjacent to an activating group) is 1. The maximum Gasteiger partial charge on any atom is 0.129 e. The van der Waals surface area contributed by atoms with E-state index in [2.05, 4.69) is 35.8 Å². The summed E-state index contributed by atoms with van der Waals surface area (Å²) in [6, 6.07) is 6.71. The monoisotopic (exact) mass is 307 g/mol. The van der Waals surface area contributed by atoms with Gasteiger partial charge in [0.1, 0.15) is 10.7 Å². The second kappa shape index (κ2) is 7.20. The Balaban J connectivity index is 2.07. The molecule has 1 saturated heterocycles. The summed E-state index contributed by atoms with van der Waals surface area (Å²) in [6.07, 6.45) is 0. The van der Waals surface area contributed by atoms with Gasteiger partial charge in [-0.1, -0.05) is 25.2 Å². The van der Waals surface area contributed by atoms with E-state index in [0.29, 0.717) is 11.0 Å². The number of nitrogens with two attached hydrogens (primary N) is 1. The second-order valence-electron chi connectivity index (χ2n) is 5.61. The average molecular weight is 307 g/mol. The van der Waals surface area contributed by atoms with Crippen molar-refractivity contribution in [3.63, 3.8) is 0 Å². The van der Waals surface area contributed by atoms with E-state index in [1.165, 1.54) is 5.56 Å². The predicted molar refractivity (Wildman–Crippen MR) is 90.9 cm³/mol. The van der Waals surface area contributed by atoms with Gasteiger partial charge >= 0.3 is 0 Å². The maximum absolute atomic E-state index is 5.78. The summed E-state index contributed by atoms with van der Waals surface area (Å²) < 4.78 is 5.31. The summed E-state index contributed by atoms with van der Waals surface area (Å²) >= 11 is 5.11. The van der Waals surface area contributed by atoms with Crippen LogP contribution in [0.1, 0.15) is 25.0 Å². The Bertz CT molecular complexity index is 506. The van der Waals surface area contributed by atoms with Crippen LogP contribution >= 0.6 is 12.2 Å². The molecule has 0 spiro atoms. The Labute approximate surface area is 132 Å². The van der Waals surface area contributed by atoms with Crippen LogP contribution in [-0.2, 0) is 6.54 Å². The molecule has 0 saturated carbocycles. The van der Waals surface area contributed by atoms with Crippen LogP contribution in [0.5, 0.6) is 5.75 Å². The largest absolute Gasteiger partial charge is 0.496 e. The number of thiocarbonyl (C=S) groups is 1. The van der Waals surface area contributed by atoms with Crippen LogP contribution in [0.2, 0.25) is 0 Å². The van der Waals surface area contributed by atoms with E-state index in [4.69, 9.17) is 22.7 Å². The quantitative estimate of drug-likeness (QED) is 0.841. The Morgan fingerprint density at radius 2 is 2.19 bits per heavy atom. The molecule has 1 heterocycles. The van der Waals surface area contributed by atoms with Gasteiger partial charge in [0, 0.05) is 32.2 Å². The van der Waals surface area contributed by atoms with Gasteiger partial charge in [0.25, 0.3) is 0 Å². The normalized spacial score (nSPS) is 20.4. The first kappa shape index (κ1) is 16.2. The Morgan fingerprint density at radius 1 is 1.43 bits per heavy atom. The van der Waals surface area contributed by atoms with Gasteiger partial charge in [-0.2, -0.15) is 0 Å². The van der Waals surface area contributed by atoms with E-state index < -0.39 is 0 Å². The van der Waals surface area contributed by atoms with Gasteiger partial charge < -0.3 is 10.5 Å². The number of benzene rings is 1. The van der Waals surface area contributed by atoms with E-state index in [1.807, 2.05) is 6.07 Å². The zero-order valence-corrected chi connectivity index (χ0v) is 13.9. The molecule has 1 unspecified atom stereocenters. The van der Waals surface area contributed by atoms with Crippen LogP contribution in [0.3, 0.4) is 0 Å². The molecule has 5 heteroatoms. The van der Waals surface area contributed by atoms with Crippen molar-refractivity contribution in [1.29, 1.82) is 0 Å². The molecule has 2 N–H and O–H groups in total. The lowest BCUT2D eigenvalue weighted by molar-refractivity contribution is 0.0834. The minimum Gasteiger partial charge on any atom is -0.496 e. The Kier molecular flexibility index (Phi) is 5.56. The van der Waals surface area contributed by atoms with Gasteiger partial charge in [0.05, 0.1) is 12.7 Å². The summed E-state index contributed by atoms with van der Waals surface area (Å²) in [6.45, 7) is 9.92. The van der Waals surface area contributed by atoms with Crippen molar-refractivity contribution < 1.29 is 4.74 Å². The van der Waals surface area contributed by atoms with Gasteiger partial charge in [-0.25, -0.2) is 0 Å². The highest BCUT2D eigenvalue weighted by Crippen LogP contribution is 2.21. The molecule has 4 nitrogen and oxygen atoms in total. The van der Waals surface area contributed by atoms with Crippen molar-refractivity contribution in [1.82, 2.24) is 9.80 Å². The third kappa shape index (κ3) is 3.93. The van der Waals surface area contributed by atoms with E-state index >= 15 is 0 Å². The summed E-state index contributed by atoms with van der Waals surface area (Å²) in [5.74, 6) is 0.746. The van der Waals surface area contributed by atoms with Crippen LogP contribution in [0.4, 0.5) is 0 Å². The first-order valence-electron chi connectivity index (χ1n) is 7.48. The third-order valence-electron chi connectivity index (χ3n) is 4.19. The first-order valence-corrected chi connectivity index (χ1v) is 7.89. The molecule has 1 aromatic carbocycles. The molecule has 1 fully saturated rings. The lowest BCUT2D eigenvalue weighted by Gasteiger charge is -2.39. The summed E-state index contributed by atoms with van der Waals surface area (Å²) in [5.41, 5.74) is 7.84. The smallest absolute Gasteiger partial charge is 0.129 e. The highest BCUT2D eigenvalue weighted by atomic mass is 32.1. The topological polar surface area (TPSA) is 41.7 Å². The van der Waals surface area contributed by atoms with Gasteiger partial charge in [-0.3, -0.25) is 9.80 Å². The summed E-state index contributed by atoms with van der Waals surface area (Å²) in [5, 5.41) is 0. The Morgan fingerprint density at radius 3 is 2.76 bits per heavy atom. The molecule has 0 amide bonds. The Hall–Kier alpha value is -1.17. The van der Waals surface area contributed by atoms with Crippen LogP contribution in [0.15, 0.2) is 18.2 Å². The molecule has 1 atom stereocenters. The molecule has 116 valence electrons. The number of methoxy groups -OCH3 is 1. The number of piperazine rings is 1. The van der Waals surface area contributed by atoms with Crippen LogP contribution in [0, 0.1) is 0 Å². The van der Waals surface area contributed by atoms with Gasteiger partial charge in [-0.05, 0) is 31.2 Å².